The lowest BCUT2D eigenvalue weighted by atomic mass is 9.98. The maximum absolute atomic E-state index is 12.5. The zero-order chi connectivity index (χ0) is 16.4. The highest BCUT2D eigenvalue weighted by molar-refractivity contribution is 5.68. The van der Waals surface area contributed by atoms with Crippen molar-refractivity contribution < 1.29 is 35.9 Å². The predicted molar refractivity (Wildman–Crippen MR) is 57.8 cm³/mol. The first-order valence-corrected chi connectivity index (χ1v) is 5.51. The van der Waals surface area contributed by atoms with Crippen LogP contribution in [0.4, 0.5) is 31.1 Å². The number of carbonyl (C=O) groups excluding carboxylic acids is 1. The average Bonchev–Trinajstić information content (AvgIpc) is 2.08. The Bertz CT molecular complexity index is 320. The molecule has 120 valence electrons. The third-order valence-corrected chi connectivity index (χ3v) is 2.06. The molecule has 1 unspecified atom stereocenters. The Morgan fingerprint density at radius 3 is 1.75 bits per heavy atom. The van der Waals surface area contributed by atoms with E-state index in [1.165, 1.54) is 26.1 Å². The Labute approximate surface area is 111 Å². The van der Waals surface area contributed by atoms with Crippen molar-refractivity contribution in [2.24, 2.45) is 11.7 Å². The summed E-state index contributed by atoms with van der Waals surface area (Å²) < 4.78 is 79.4. The molecule has 0 radical (unpaired) electrons. The molecule has 0 spiro atoms. The van der Waals surface area contributed by atoms with E-state index in [0.29, 0.717) is 0 Å². The molecule has 4 nitrogen and oxygen atoms in total. The number of alkyl halides is 6. The van der Waals surface area contributed by atoms with Gasteiger partial charge in [0.1, 0.15) is 5.60 Å². The standard InChI is InChI=1S/C10H16F6N2O2/c1-8(2,3)20-7(19)18-5(4-17)6(9(11,12)13)10(14,15)16/h5-6H,4,17H2,1-3H3,(H,18,19). The Balaban J connectivity index is 5.09. The lowest BCUT2D eigenvalue weighted by Crippen LogP contribution is -2.56. The summed E-state index contributed by atoms with van der Waals surface area (Å²) in [7, 11) is 0. The van der Waals surface area contributed by atoms with Crippen LogP contribution in [0.2, 0.25) is 0 Å². The molecule has 0 aliphatic carbocycles. The van der Waals surface area contributed by atoms with Crippen molar-refractivity contribution in [1.29, 1.82) is 0 Å². The van der Waals surface area contributed by atoms with E-state index in [0.717, 1.165) is 0 Å². The summed E-state index contributed by atoms with van der Waals surface area (Å²) in [6, 6.07) is -2.36. The number of hydrogen-bond donors (Lipinski definition) is 2. The van der Waals surface area contributed by atoms with Crippen LogP contribution in [0, 0.1) is 5.92 Å². The Morgan fingerprint density at radius 2 is 1.50 bits per heavy atom. The van der Waals surface area contributed by atoms with Crippen LogP contribution in [-0.4, -0.2) is 36.6 Å². The lowest BCUT2D eigenvalue weighted by molar-refractivity contribution is -0.290. The van der Waals surface area contributed by atoms with Crippen LogP contribution in [0.15, 0.2) is 0 Å². The summed E-state index contributed by atoms with van der Waals surface area (Å²) in [5.41, 5.74) is 3.85. The quantitative estimate of drug-likeness (QED) is 0.788. The van der Waals surface area contributed by atoms with Crippen LogP contribution < -0.4 is 11.1 Å². The molecule has 20 heavy (non-hydrogen) atoms. The number of hydrogen-bond acceptors (Lipinski definition) is 3. The minimum absolute atomic E-state index is 1.04. The molecule has 0 aliphatic rings. The minimum Gasteiger partial charge on any atom is -0.444 e. The second-order valence-corrected chi connectivity index (χ2v) is 5.05. The number of alkyl carbamates (subject to hydrolysis) is 1. The van der Waals surface area contributed by atoms with Crippen LogP contribution in [0.5, 0.6) is 0 Å². The minimum atomic E-state index is -5.59. The Morgan fingerprint density at radius 1 is 1.10 bits per heavy atom. The molecule has 0 heterocycles. The van der Waals surface area contributed by atoms with Crippen molar-refractivity contribution in [1.82, 2.24) is 5.32 Å². The van der Waals surface area contributed by atoms with E-state index in [-0.39, 0.29) is 0 Å². The topological polar surface area (TPSA) is 64.3 Å². The van der Waals surface area contributed by atoms with Gasteiger partial charge in [-0.3, -0.25) is 0 Å². The van der Waals surface area contributed by atoms with Gasteiger partial charge in [0.05, 0.1) is 6.04 Å². The van der Waals surface area contributed by atoms with Crippen molar-refractivity contribution in [2.45, 2.75) is 44.8 Å². The highest BCUT2D eigenvalue weighted by atomic mass is 19.4. The first kappa shape index (κ1) is 18.8. The van der Waals surface area contributed by atoms with Crippen molar-refractivity contribution in [3.63, 3.8) is 0 Å². The second-order valence-electron chi connectivity index (χ2n) is 5.05. The molecule has 0 aromatic heterocycles. The fourth-order valence-corrected chi connectivity index (χ4v) is 1.38. The lowest BCUT2D eigenvalue weighted by Gasteiger charge is -2.31. The molecule has 0 saturated heterocycles. The summed E-state index contributed by atoms with van der Waals surface area (Å²) in [4.78, 5) is 11.3. The zero-order valence-corrected chi connectivity index (χ0v) is 11.0. The molecule has 0 rings (SSSR count). The molecule has 1 atom stereocenters. The molecule has 0 aromatic carbocycles. The number of ether oxygens (including phenoxy) is 1. The monoisotopic (exact) mass is 310 g/mol. The van der Waals surface area contributed by atoms with Crippen LogP contribution in [0.25, 0.3) is 0 Å². The van der Waals surface area contributed by atoms with E-state index in [1.54, 1.807) is 0 Å². The van der Waals surface area contributed by atoms with E-state index in [9.17, 15) is 31.1 Å². The Hall–Kier alpha value is -1.19. The van der Waals surface area contributed by atoms with E-state index < -0.39 is 42.6 Å². The molecule has 0 saturated carbocycles. The van der Waals surface area contributed by atoms with Gasteiger partial charge in [-0.05, 0) is 20.8 Å². The van der Waals surface area contributed by atoms with Crippen LogP contribution in [0.1, 0.15) is 20.8 Å². The molecular formula is C10H16F6N2O2. The third-order valence-electron chi connectivity index (χ3n) is 2.06. The highest BCUT2D eigenvalue weighted by Crippen LogP contribution is 2.41. The molecule has 10 heteroatoms. The molecule has 0 aromatic rings. The fourth-order valence-electron chi connectivity index (χ4n) is 1.38. The van der Waals surface area contributed by atoms with Gasteiger partial charge in [0, 0.05) is 6.54 Å². The van der Waals surface area contributed by atoms with E-state index in [4.69, 9.17) is 5.73 Å². The molecule has 0 bridgehead atoms. The van der Waals surface area contributed by atoms with Gasteiger partial charge >= 0.3 is 18.4 Å². The SMILES string of the molecule is CC(C)(C)OC(=O)NC(CN)C(C(F)(F)F)C(F)(F)F. The van der Waals surface area contributed by atoms with Gasteiger partial charge in [0.2, 0.25) is 0 Å². The summed E-state index contributed by atoms with van der Waals surface area (Å²) in [6.45, 7) is 3.20. The maximum atomic E-state index is 12.5. The third kappa shape index (κ3) is 6.31. The zero-order valence-electron chi connectivity index (χ0n) is 11.0. The van der Waals surface area contributed by atoms with Gasteiger partial charge in [0.25, 0.3) is 0 Å². The van der Waals surface area contributed by atoms with Gasteiger partial charge in [-0.25, -0.2) is 4.79 Å². The van der Waals surface area contributed by atoms with Crippen molar-refractivity contribution in [3.8, 4) is 0 Å². The van der Waals surface area contributed by atoms with E-state index >= 15 is 0 Å². The molecule has 0 aliphatic heterocycles. The molecule has 1 amide bonds. The van der Waals surface area contributed by atoms with Gasteiger partial charge in [-0.15, -0.1) is 0 Å². The predicted octanol–water partition coefficient (Wildman–Crippen LogP) is 2.58. The summed E-state index contributed by atoms with van der Waals surface area (Å²) >= 11 is 0. The smallest absolute Gasteiger partial charge is 0.407 e. The van der Waals surface area contributed by atoms with Crippen molar-refractivity contribution in [2.75, 3.05) is 6.54 Å². The molecular weight excluding hydrogens is 294 g/mol. The average molecular weight is 310 g/mol. The number of carbonyl (C=O) groups is 1. The van der Waals surface area contributed by atoms with Crippen molar-refractivity contribution in [3.05, 3.63) is 0 Å². The fraction of sp³-hybridized carbons (Fsp3) is 0.900. The first-order chi connectivity index (χ1) is 8.68. The highest BCUT2D eigenvalue weighted by Gasteiger charge is 2.60. The second kappa shape index (κ2) is 6.06. The van der Waals surface area contributed by atoms with Gasteiger partial charge in [-0.2, -0.15) is 26.3 Å². The van der Waals surface area contributed by atoms with Crippen molar-refractivity contribution >= 4 is 6.09 Å². The van der Waals surface area contributed by atoms with Crippen LogP contribution >= 0.6 is 0 Å². The number of amides is 1. The van der Waals surface area contributed by atoms with Gasteiger partial charge in [0.15, 0.2) is 5.92 Å². The maximum Gasteiger partial charge on any atom is 0.407 e. The van der Waals surface area contributed by atoms with E-state index in [2.05, 4.69) is 4.74 Å². The number of nitrogens with two attached hydrogens (primary N) is 1. The number of halogens is 6. The summed E-state index contributed by atoms with van der Waals surface area (Å²) in [6.07, 6.45) is -12.6. The first-order valence-electron chi connectivity index (χ1n) is 5.51. The number of rotatable bonds is 3. The number of nitrogens with one attached hydrogen (secondary N) is 1. The normalized spacial score (nSPS) is 15.2. The van der Waals surface area contributed by atoms with Gasteiger partial charge < -0.3 is 15.8 Å². The molecule has 3 N–H and O–H groups in total. The molecule has 0 fully saturated rings. The summed E-state index contributed by atoms with van der Waals surface area (Å²) in [5.74, 6) is -3.76. The van der Waals surface area contributed by atoms with Crippen LogP contribution in [0.3, 0.4) is 0 Å². The summed E-state index contributed by atoms with van der Waals surface area (Å²) in [5, 5.41) is 1.51. The van der Waals surface area contributed by atoms with Crippen LogP contribution in [-0.2, 0) is 4.74 Å². The largest absolute Gasteiger partial charge is 0.444 e. The van der Waals surface area contributed by atoms with E-state index in [1.807, 2.05) is 0 Å². The Kier molecular flexibility index (Phi) is 5.70. The van der Waals surface area contributed by atoms with Gasteiger partial charge in [-0.1, -0.05) is 0 Å².